The van der Waals surface area contributed by atoms with Gasteiger partial charge in [-0.15, -0.1) is 11.3 Å². The molecule has 2 heterocycles. The van der Waals surface area contributed by atoms with Crippen LogP contribution in [0.1, 0.15) is 54.9 Å². The number of nitrogens with one attached hydrogen (secondary N) is 1. The molecule has 1 aliphatic carbocycles. The molecular formula is C22H18N2O3S. The van der Waals surface area contributed by atoms with Gasteiger partial charge in [-0.3, -0.25) is 10.1 Å². The van der Waals surface area contributed by atoms with Crippen molar-refractivity contribution in [2.45, 2.75) is 31.8 Å². The Balaban J connectivity index is 1.38. The van der Waals surface area contributed by atoms with E-state index >= 15 is 0 Å². The summed E-state index contributed by atoms with van der Waals surface area (Å²) in [4.78, 5) is 30.9. The lowest BCUT2D eigenvalue weighted by molar-refractivity contribution is 0.0252. The number of fused-ring (bicyclic) bond motifs is 2. The molecule has 0 saturated heterocycles. The maximum Gasteiger partial charge on any atom is 0.339 e. The molecule has 6 heteroatoms. The summed E-state index contributed by atoms with van der Waals surface area (Å²) in [6.45, 7) is 0. The number of amides is 1. The molecule has 140 valence electrons. The molecule has 1 amide bonds. The molecule has 5 rings (SSSR count). The number of carbonyl (C=O) groups excluding carboxylic acids is 2. The Labute approximate surface area is 166 Å². The van der Waals surface area contributed by atoms with Gasteiger partial charge >= 0.3 is 5.97 Å². The molecule has 1 N–H and O–H groups in total. The van der Waals surface area contributed by atoms with E-state index in [9.17, 15) is 9.59 Å². The molecule has 1 atom stereocenters. The summed E-state index contributed by atoms with van der Waals surface area (Å²) in [5, 5.41) is 3.55. The second-order valence-electron chi connectivity index (χ2n) is 7.08. The van der Waals surface area contributed by atoms with Crippen molar-refractivity contribution in [1.29, 1.82) is 0 Å². The highest BCUT2D eigenvalue weighted by molar-refractivity contribution is 7.16. The fourth-order valence-corrected chi connectivity index (χ4v) is 4.85. The lowest BCUT2D eigenvalue weighted by Gasteiger charge is -2.25. The largest absolute Gasteiger partial charge is 0.454 e. The van der Waals surface area contributed by atoms with Gasteiger partial charge < -0.3 is 4.74 Å². The topological polar surface area (TPSA) is 68.3 Å². The number of ether oxygens (including phenoxy) is 1. The van der Waals surface area contributed by atoms with Gasteiger partial charge in [-0.05, 0) is 48.6 Å². The molecule has 3 aromatic rings. The van der Waals surface area contributed by atoms with Gasteiger partial charge in [0, 0.05) is 16.9 Å². The molecular weight excluding hydrogens is 372 g/mol. The number of rotatable bonds is 3. The van der Waals surface area contributed by atoms with E-state index in [4.69, 9.17) is 4.74 Å². The maximum atomic E-state index is 12.7. The Kier molecular flexibility index (Phi) is 4.20. The molecule has 0 bridgehead atoms. The van der Waals surface area contributed by atoms with Crippen LogP contribution < -0.4 is 5.32 Å². The molecule has 1 aliphatic heterocycles. The summed E-state index contributed by atoms with van der Waals surface area (Å²) in [6, 6.07) is 14.8. The number of hydrogen-bond acceptors (Lipinski definition) is 5. The fourth-order valence-electron chi connectivity index (χ4n) is 3.80. The predicted octanol–water partition coefficient (Wildman–Crippen LogP) is 4.34. The van der Waals surface area contributed by atoms with Crippen LogP contribution in [0.25, 0.3) is 0 Å². The molecule has 0 saturated carbocycles. The molecule has 28 heavy (non-hydrogen) atoms. The van der Waals surface area contributed by atoms with Crippen LogP contribution in [0, 0.1) is 0 Å². The van der Waals surface area contributed by atoms with Crippen molar-refractivity contribution < 1.29 is 14.3 Å². The van der Waals surface area contributed by atoms with Gasteiger partial charge in [0.25, 0.3) is 5.91 Å². The Hall–Kier alpha value is -2.99. The number of aromatic nitrogens is 1. The van der Waals surface area contributed by atoms with E-state index in [0.717, 1.165) is 36.1 Å². The fraction of sp³-hybridized carbons (Fsp3) is 0.227. The van der Waals surface area contributed by atoms with E-state index in [1.807, 2.05) is 30.3 Å². The van der Waals surface area contributed by atoms with Crippen molar-refractivity contribution in [1.82, 2.24) is 4.98 Å². The Morgan fingerprint density at radius 1 is 1.14 bits per heavy atom. The maximum absolute atomic E-state index is 12.7. The number of nitrogens with zero attached hydrogens (tertiary/aromatic N) is 1. The van der Waals surface area contributed by atoms with Gasteiger partial charge in [-0.1, -0.05) is 30.3 Å². The van der Waals surface area contributed by atoms with Gasteiger partial charge in [0.15, 0.2) is 5.13 Å². The molecule has 2 aromatic carbocycles. The molecule has 2 aliphatic rings. The third-order valence-corrected chi connectivity index (χ3v) is 6.30. The van der Waals surface area contributed by atoms with Crippen molar-refractivity contribution in [3.8, 4) is 0 Å². The molecule has 0 spiro atoms. The Morgan fingerprint density at radius 2 is 2.00 bits per heavy atom. The third-order valence-electron chi connectivity index (χ3n) is 5.23. The molecule has 1 aromatic heterocycles. The van der Waals surface area contributed by atoms with E-state index in [-0.39, 0.29) is 18.0 Å². The summed E-state index contributed by atoms with van der Waals surface area (Å²) < 4.78 is 5.58. The number of cyclic esters (lactones) is 1. The highest BCUT2D eigenvalue weighted by Crippen LogP contribution is 2.32. The van der Waals surface area contributed by atoms with Crippen LogP contribution in [-0.2, 0) is 24.0 Å². The summed E-state index contributed by atoms with van der Waals surface area (Å²) in [7, 11) is 0. The summed E-state index contributed by atoms with van der Waals surface area (Å²) in [5.74, 6) is -0.552. The smallest absolute Gasteiger partial charge is 0.339 e. The zero-order valence-corrected chi connectivity index (χ0v) is 15.9. The van der Waals surface area contributed by atoms with Gasteiger partial charge in [-0.2, -0.15) is 0 Å². The quantitative estimate of drug-likeness (QED) is 0.676. The van der Waals surface area contributed by atoms with Gasteiger partial charge in [0.1, 0.15) is 6.10 Å². The van der Waals surface area contributed by atoms with E-state index in [2.05, 4.69) is 10.3 Å². The average Bonchev–Trinajstić information content (AvgIpc) is 3.30. The number of carbonyl (C=O) groups is 2. The van der Waals surface area contributed by atoms with Crippen molar-refractivity contribution in [3.63, 3.8) is 0 Å². The van der Waals surface area contributed by atoms with Gasteiger partial charge in [0.05, 0.1) is 11.3 Å². The van der Waals surface area contributed by atoms with E-state index in [0.29, 0.717) is 22.7 Å². The van der Waals surface area contributed by atoms with E-state index < -0.39 is 0 Å². The SMILES string of the molecule is O=C(Nc1nc2c(s1)CCC2)c1ccc2c(c1)CC(c1ccccc1)OC2=O. The Bertz CT molecular complexity index is 1050. The van der Waals surface area contributed by atoms with Gasteiger partial charge in [-0.25, -0.2) is 9.78 Å². The normalized spacial score (nSPS) is 17.6. The van der Waals surface area contributed by atoms with Crippen LogP contribution in [-0.4, -0.2) is 16.9 Å². The van der Waals surface area contributed by atoms with Crippen molar-refractivity contribution in [2.75, 3.05) is 5.32 Å². The van der Waals surface area contributed by atoms with Crippen LogP contribution in [0.4, 0.5) is 5.13 Å². The number of anilines is 1. The molecule has 0 fully saturated rings. The lowest BCUT2D eigenvalue weighted by atomic mass is 9.93. The van der Waals surface area contributed by atoms with Gasteiger partial charge in [0.2, 0.25) is 0 Å². The lowest BCUT2D eigenvalue weighted by Crippen LogP contribution is -2.23. The predicted molar refractivity (Wildman–Crippen MR) is 107 cm³/mol. The number of thiazole rings is 1. The van der Waals surface area contributed by atoms with E-state index in [1.54, 1.807) is 29.5 Å². The zero-order chi connectivity index (χ0) is 19.1. The minimum atomic E-state index is -0.349. The number of esters is 1. The van der Waals surface area contributed by atoms with Crippen LogP contribution >= 0.6 is 11.3 Å². The molecule has 0 radical (unpaired) electrons. The molecule has 1 unspecified atom stereocenters. The van der Waals surface area contributed by atoms with Crippen LogP contribution in [0.5, 0.6) is 0 Å². The van der Waals surface area contributed by atoms with Crippen molar-refractivity contribution in [3.05, 3.63) is 81.4 Å². The second kappa shape index (κ2) is 6.87. The first-order valence-electron chi connectivity index (χ1n) is 9.36. The monoisotopic (exact) mass is 390 g/mol. The van der Waals surface area contributed by atoms with Crippen molar-refractivity contribution >= 4 is 28.3 Å². The summed E-state index contributed by atoms with van der Waals surface area (Å²) in [6.07, 6.45) is 3.40. The average molecular weight is 390 g/mol. The second-order valence-corrected chi connectivity index (χ2v) is 8.16. The Morgan fingerprint density at radius 3 is 2.82 bits per heavy atom. The number of hydrogen-bond donors (Lipinski definition) is 1. The summed E-state index contributed by atoms with van der Waals surface area (Å²) >= 11 is 1.55. The first-order chi connectivity index (χ1) is 13.7. The number of aryl methyl sites for hydroxylation is 2. The highest BCUT2D eigenvalue weighted by atomic mass is 32.1. The van der Waals surface area contributed by atoms with Crippen molar-refractivity contribution in [2.24, 2.45) is 0 Å². The minimum absolute atomic E-state index is 0.203. The standard InChI is InChI=1S/C22H18N2O3S/c25-20(24-22-23-17-7-4-8-19(17)28-22)14-9-10-16-15(11-14)12-18(27-21(16)26)13-5-2-1-3-6-13/h1-3,5-6,9-11,18H,4,7-8,12H2,(H,23,24,25). The van der Waals surface area contributed by atoms with Crippen LogP contribution in [0.2, 0.25) is 0 Å². The summed E-state index contributed by atoms with van der Waals surface area (Å²) in [5.41, 5.74) is 3.94. The number of benzene rings is 2. The van der Waals surface area contributed by atoms with E-state index in [1.165, 1.54) is 4.88 Å². The van der Waals surface area contributed by atoms with Crippen LogP contribution in [0.15, 0.2) is 48.5 Å². The third kappa shape index (κ3) is 3.10. The van der Waals surface area contributed by atoms with Crippen LogP contribution in [0.3, 0.4) is 0 Å². The molecule has 5 nitrogen and oxygen atoms in total. The first-order valence-corrected chi connectivity index (χ1v) is 10.2. The zero-order valence-electron chi connectivity index (χ0n) is 15.1. The first kappa shape index (κ1) is 17.1. The minimum Gasteiger partial charge on any atom is -0.454 e. The highest BCUT2D eigenvalue weighted by Gasteiger charge is 2.28.